The first kappa shape index (κ1) is 27.7. The summed E-state index contributed by atoms with van der Waals surface area (Å²) in [6.45, 7) is 8.77. The number of aromatic nitrogens is 2. The Hall–Kier alpha value is -5.79. The van der Waals surface area contributed by atoms with Gasteiger partial charge in [-0.1, -0.05) is 69.3 Å². The zero-order valence-corrected chi connectivity index (χ0v) is 26.3. The molecule has 222 valence electrons. The molecule has 46 heavy (non-hydrogen) atoms. The quantitative estimate of drug-likeness (QED) is 0.221. The lowest BCUT2D eigenvalue weighted by Gasteiger charge is -2.19. The van der Waals surface area contributed by atoms with Crippen molar-refractivity contribution >= 4 is 43.6 Å². The van der Waals surface area contributed by atoms with Crippen LogP contribution in [0, 0.1) is 18.3 Å². The van der Waals surface area contributed by atoms with Crippen molar-refractivity contribution < 1.29 is 5.11 Å². The molecular formula is C42H33N3O. The van der Waals surface area contributed by atoms with Crippen LogP contribution >= 0.6 is 0 Å². The Kier molecular flexibility index (Phi) is 6.10. The van der Waals surface area contributed by atoms with Gasteiger partial charge in [0.15, 0.2) is 0 Å². The van der Waals surface area contributed by atoms with E-state index < -0.39 is 0 Å². The Balaban J connectivity index is 1.39. The van der Waals surface area contributed by atoms with E-state index in [0.29, 0.717) is 5.56 Å². The molecule has 0 amide bonds. The zero-order chi connectivity index (χ0) is 31.7. The summed E-state index contributed by atoms with van der Waals surface area (Å²) in [5, 5.41) is 25.2. The number of aryl methyl sites for hydroxylation is 1. The number of nitriles is 1. The summed E-state index contributed by atoms with van der Waals surface area (Å²) in [6.07, 6.45) is 0. The van der Waals surface area contributed by atoms with Gasteiger partial charge < -0.3 is 14.2 Å². The van der Waals surface area contributed by atoms with Crippen molar-refractivity contribution in [1.29, 1.82) is 5.26 Å². The molecule has 1 N–H and O–H groups in total. The third-order valence-corrected chi connectivity index (χ3v) is 9.35. The van der Waals surface area contributed by atoms with Gasteiger partial charge >= 0.3 is 0 Å². The van der Waals surface area contributed by atoms with Crippen LogP contribution in [0.1, 0.15) is 37.5 Å². The molecule has 0 bridgehead atoms. The van der Waals surface area contributed by atoms with E-state index in [0.717, 1.165) is 71.7 Å². The average molecular weight is 596 g/mol. The first-order valence-electron chi connectivity index (χ1n) is 15.6. The van der Waals surface area contributed by atoms with Crippen LogP contribution in [0.25, 0.3) is 66.1 Å². The van der Waals surface area contributed by atoms with Crippen LogP contribution in [0.15, 0.2) is 121 Å². The van der Waals surface area contributed by atoms with Crippen molar-refractivity contribution in [3.05, 3.63) is 138 Å². The number of nitrogens with zero attached hydrogens (tertiary/aromatic N) is 3. The van der Waals surface area contributed by atoms with E-state index in [-0.39, 0.29) is 11.2 Å². The SMILES string of the molecule is Cc1ccccc1-c1cc(-n2c3ccccc3c3cc(-n4c5ccc(C#N)cc5c5cc(C(C)(C)C)ccc54)ccc32)ccc1O. The lowest BCUT2D eigenvalue weighted by Crippen LogP contribution is -2.10. The van der Waals surface area contributed by atoms with Gasteiger partial charge in [0.2, 0.25) is 0 Å². The summed E-state index contributed by atoms with van der Waals surface area (Å²) in [6, 6.07) is 44.3. The van der Waals surface area contributed by atoms with Gasteiger partial charge in [-0.2, -0.15) is 5.26 Å². The minimum Gasteiger partial charge on any atom is -0.507 e. The van der Waals surface area contributed by atoms with E-state index in [2.05, 4.69) is 128 Å². The number of aromatic hydroxyl groups is 1. The summed E-state index contributed by atoms with van der Waals surface area (Å²) in [5.41, 5.74) is 11.3. The molecule has 2 aromatic heterocycles. The van der Waals surface area contributed by atoms with Crippen LogP contribution in [0.5, 0.6) is 5.75 Å². The number of rotatable bonds is 3. The fourth-order valence-electron chi connectivity index (χ4n) is 6.97. The highest BCUT2D eigenvalue weighted by molar-refractivity contribution is 6.12. The Morgan fingerprint density at radius 1 is 0.565 bits per heavy atom. The maximum absolute atomic E-state index is 10.9. The van der Waals surface area contributed by atoms with E-state index in [1.807, 2.05) is 30.3 Å². The van der Waals surface area contributed by atoms with Gasteiger partial charge in [0, 0.05) is 38.5 Å². The molecule has 0 atom stereocenters. The Bertz CT molecular complexity index is 2550. The van der Waals surface area contributed by atoms with Gasteiger partial charge in [0.25, 0.3) is 0 Å². The van der Waals surface area contributed by atoms with E-state index >= 15 is 0 Å². The van der Waals surface area contributed by atoms with E-state index in [1.165, 1.54) is 5.56 Å². The minimum atomic E-state index is 0.00346. The van der Waals surface area contributed by atoms with Gasteiger partial charge in [-0.15, -0.1) is 0 Å². The van der Waals surface area contributed by atoms with Crippen molar-refractivity contribution in [3.8, 4) is 34.3 Å². The summed E-state index contributed by atoms with van der Waals surface area (Å²) in [5.74, 6) is 0.265. The van der Waals surface area contributed by atoms with Crippen LogP contribution in [-0.4, -0.2) is 14.2 Å². The largest absolute Gasteiger partial charge is 0.507 e. The van der Waals surface area contributed by atoms with Gasteiger partial charge in [-0.25, -0.2) is 0 Å². The molecule has 0 spiro atoms. The highest BCUT2D eigenvalue weighted by atomic mass is 16.3. The lowest BCUT2D eigenvalue weighted by atomic mass is 9.86. The molecule has 8 rings (SSSR count). The maximum atomic E-state index is 10.9. The average Bonchev–Trinajstić information content (AvgIpc) is 3.56. The topological polar surface area (TPSA) is 53.9 Å². The first-order valence-corrected chi connectivity index (χ1v) is 15.6. The van der Waals surface area contributed by atoms with Crippen molar-refractivity contribution in [2.24, 2.45) is 0 Å². The van der Waals surface area contributed by atoms with E-state index in [9.17, 15) is 10.4 Å². The number of hydrogen-bond acceptors (Lipinski definition) is 2. The molecule has 0 unspecified atom stereocenters. The lowest BCUT2D eigenvalue weighted by molar-refractivity contribution is 0.477. The Labute approximate surface area is 268 Å². The molecule has 0 aliphatic rings. The zero-order valence-electron chi connectivity index (χ0n) is 26.3. The number of benzene rings is 6. The predicted molar refractivity (Wildman–Crippen MR) is 190 cm³/mol. The van der Waals surface area contributed by atoms with Crippen LogP contribution in [0.4, 0.5) is 0 Å². The fraction of sp³-hybridized carbons (Fsp3) is 0.119. The first-order chi connectivity index (χ1) is 22.2. The van der Waals surface area contributed by atoms with Crippen LogP contribution in [-0.2, 0) is 5.41 Å². The third-order valence-electron chi connectivity index (χ3n) is 9.35. The number of para-hydroxylation sites is 1. The maximum Gasteiger partial charge on any atom is 0.123 e. The molecule has 4 nitrogen and oxygen atoms in total. The van der Waals surface area contributed by atoms with E-state index in [1.54, 1.807) is 6.07 Å². The smallest absolute Gasteiger partial charge is 0.123 e. The van der Waals surface area contributed by atoms with Crippen molar-refractivity contribution in [2.75, 3.05) is 0 Å². The summed E-state index contributed by atoms with van der Waals surface area (Å²) in [7, 11) is 0. The summed E-state index contributed by atoms with van der Waals surface area (Å²) in [4.78, 5) is 0. The number of fused-ring (bicyclic) bond motifs is 6. The fourth-order valence-corrected chi connectivity index (χ4v) is 6.97. The number of hydrogen-bond donors (Lipinski definition) is 1. The van der Waals surface area contributed by atoms with Gasteiger partial charge in [-0.3, -0.25) is 0 Å². The van der Waals surface area contributed by atoms with Crippen LogP contribution in [0.2, 0.25) is 0 Å². The molecule has 6 aromatic carbocycles. The Morgan fingerprint density at radius 2 is 1.15 bits per heavy atom. The second kappa shape index (κ2) is 10.1. The molecule has 8 aromatic rings. The van der Waals surface area contributed by atoms with Gasteiger partial charge in [-0.05, 0) is 102 Å². The van der Waals surface area contributed by atoms with Crippen LogP contribution in [0.3, 0.4) is 0 Å². The monoisotopic (exact) mass is 595 g/mol. The third kappa shape index (κ3) is 4.20. The second-order valence-electron chi connectivity index (χ2n) is 13.2. The molecular weight excluding hydrogens is 562 g/mol. The standard InChI is InChI=1S/C42H33N3O/c1-26-9-5-6-10-31(26)36-24-30(16-20-41(36)46)44-37-12-8-7-11-32(37)35-23-29(15-19-40(35)44)45-38-17-13-27(25-43)21-33(38)34-22-28(42(2,3)4)14-18-39(34)45/h5-24,46H,1-4H3. The summed E-state index contributed by atoms with van der Waals surface area (Å²) >= 11 is 0. The highest BCUT2D eigenvalue weighted by Gasteiger charge is 2.20. The molecule has 0 fully saturated rings. The molecule has 0 saturated heterocycles. The highest BCUT2D eigenvalue weighted by Crippen LogP contribution is 2.40. The van der Waals surface area contributed by atoms with Crippen LogP contribution < -0.4 is 0 Å². The predicted octanol–water partition coefficient (Wildman–Crippen LogP) is 10.7. The number of phenolic OH excluding ortho intramolecular Hbond substituents is 1. The molecule has 0 aliphatic heterocycles. The van der Waals surface area contributed by atoms with Crippen molar-refractivity contribution in [3.63, 3.8) is 0 Å². The van der Waals surface area contributed by atoms with Gasteiger partial charge in [0.05, 0.1) is 33.7 Å². The molecule has 4 heteroatoms. The summed E-state index contributed by atoms with van der Waals surface area (Å²) < 4.78 is 4.61. The second-order valence-corrected chi connectivity index (χ2v) is 13.2. The van der Waals surface area contributed by atoms with Gasteiger partial charge in [0.1, 0.15) is 5.75 Å². The van der Waals surface area contributed by atoms with Crippen molar-refractivity contribution in [1.82, 2.24) is 9.13 Å². The Morgan fingerprint density at radius 3 is 1.89 bits per heavy atom. The minimum absolute atomic E-state index is 0.00346. The van der Waals surface area contributed by atoms with Crippen molar-refractivity contribution in [2.45, 2.75) is 33.1 Å². The number of phenols is 1. The normalized spacial score (nSPS) is 12.0. The molecule has 0 aliphatic carbocycles. The molecule has 0 saturated carbocycles. The molecule has 2 heterocycles. The molecule has 0 radical (unpaired) electrons. The van der Waals surface area contributed by atoms with E-state index in [4.69, 9.17) is 0 Å².